The van der Waals surface area contributed by atoms with E-state index in [1.807, 2.05) is 6.07 Å². The summed E-state index contributed by atoms with van der Waals surface area (Å²) < 4.78 is 5.38. The third-order valence-electron chi connectivity index (χ3n) is 5.78. The van der Waals surface area contributed by atoms with Crippen molar-refractivity contribution in [3.05, 3.63) is 18.1 Å². The highest BCUT2D eigenvalue weighted by atomic mass is 16.5. The Bertz CT molecular complexity index is 636. The number of ether oxygens (including phenoxy) is 1. The zero-order valence-corrected chi connectivity index (χ0v) is 15.3. The molecule has 1 aromatic rings. The predicted molar refractivity (Wildman–Crippen MR) is 97.3 cm³/mol. The molecule has 4 unspecified atom stereocenters. The summed E-state index contributed by atoms with van der Waals surface area (Å²) in [5.41, 5.74) is 7.33. The minimum absolute atomic E-state index is 0.0469. The second-order valence-corrected chi connectivity index (χ2v) is 7.64. The van der Waals surface area contributed by atoms with Gasteiger partial charge in [-0.3, -0.25) is 10.2 Å². The van der Waals surface area contributed by atoms with E-state index in [1.165, 1.54) is 6.42 Å². The quantitative estimate of drug-likeness (QED) is 0.707. The zero-order chi connectivity index (χ0) is 17.9. The van der Waals surface area contributed by atoms with E-state index >= 15 is 0 Å². The van der Waals surface area contributed by atoms with Gasteiger partial charge in [0.2, 0.25) is 5.91 Å². The van der Waals surface area contributed by atoms with E-state index in [0.717, 1.165) is 50.7 Å². The van der Waals surface area contributed by atoms with Crippen LogP contribution in [-0.4, -0.2) is 54.3 Å². The van der Waals surface area contributed by atoms with Crippen LogP contribution in [0.15, 0.2) is 12.4 Å². The molecule has 4 rings (SSSR count). The Kier molecular flexibility index (Phi) is 5.33. The van der Waals surface area contributed by atoms with Gasteiger partial charge in [0.1, 0.15) is 18.2 Å². The van der Waals surface area contributed by atoms with Gasteiger partial charge in [-0.25, -0.2) is 15.4 Å². The number of hydrogen-bond acceptors (Lipinski definition) is 7. The minimum atomic E-state index is -0.164. The van der Waals surface area contributed by atoms with Crippen LogP contribution in [0.25, 0.3) is 0 Å². The molecule has 0 radical (unpaired) electrons. The van der Waals surface area contributed by atoms with E-state index in [2.05, 4.69) is 38.0 Å². The molecule has 1 aromatic heterocycles. The first kappa shape index (κ1) is 17.6. The normalized spacial score (nSPS) is 31.5. The van der Waals surface area contributed by atoms with Crippen molar-refractivity contribution in [3.63, 3.8) is 0 Å². The molecule has 3 heterocycles. The average molecular weight is 360 g/mol. The number of amides is 1. The van der Waals surface area contributed by atoms with E-state index < -0.39 is 0 Å². The SMILES string of the molecule is CC1CCC2NNC(C(=O)NCc3cc(N4CCOCC4)ncn3)C2C1. The molecule has 3 fully saturated rings. The van der Waals surface area contributed by atoms with Crippen LogP contribution in [0.3, 0.4) is 0 Å². The number of carbonyl (C=O) groups is 1. The van der Waals surface area contributed by atoms with E-state index in [4.69, 9.17) is 4.74 Å². The average Bonchev–Trinajstić information content (AvgIpc) is 3.10. The van der Waals surface area contributed by atoms with E-state index in [0.29, 0.717) is 24.4 Å². The molecule has 4 atom stereocenters. The summed E-state index contributed by atoms with van der Waals surface area (Å²) in [5, 5.41) is 3.04. The fraction of sp³-hybridized carbons (Fsp3) is 0.722. The maximum atomic E-state index is 12.7. The van der Waals surface area contributed by atoms with Gasteiger partial charge in [-0.2, -0.15) is 0 Å². The Morgan fingerprint density at radius 3 is 3.00 bits per heavy atom. The Morgan fingerprint density at radius 2 is 2.15 bits per heavy atom. The summed E-state index contributed by atoms with van der Waals surface area (Å²) in [7, 11) is 0. The minimum Gasteiger partial charge on any atom is -0.378 e. The summed E-state index contributed by atoms with van der Waals surface area (Å²) in [5.74, 6) is 2.00. The van der Waals surface area contributed by atoms with Crippen LogP contribution in [-0.2, 0) is 16.1 Å². The van der Waals surface area contributed by atoms with Gasteiger partial charge < -0.3 is 15.0 Å². The molecule has 3 aliphatic rings. The lowest BCUT2D eigenvalue weighted by atomic mass is 9.76. The molecular weight excluding hydrogens is 332 g/mol. The lowest BCUT2D eigenvalue weighted by molar-refractivity contribution is -0.124. The van der Waals surface area contributed by atoms with Crippen LogP contribution in [0.1, 0.15) is 31.9 Å². The first-order valence-electron chi connectivity index (χ1n) is 9.63. The van der Waals surface area contributed by atoms with E-state index in [1.54, 1.807) is 6.33 Å². The van der Waals surface area contributed by atoms with Gasteiger partial charge in [-0.1, -0.05) is 6.92 Å². The topological polar surface area (TPSA) is 91.4 Å². The Labute approximate surface area is 154 Å². The number of aromatic nitrogens is 2. The molecule has 0 bridgehead atoms. The van der Waals surface area contributed by atoms with Gasteiger partial charge in [0.05, 0.1) is 25.5 Å². The maximum Gasteiger partial charge on any atom is 0.239 e. The lowest BCUT2D eigenvalue weighted by Crippen LogP contribution is -2.46. The summed E-state index contributed by atoms with van der Waals surface area (Å²) in [6, 6.07) is 2.20. The Balaban J connectivity index is 1.34. The molecular formula is C18H28N6O2. The molecule has 26 heavy (non-hydrogen) atoms. The molecule has 0 spiro atoms. The largest absolute Gasteiger partial charge is 0.378 e. The second kappa shape index (κ2) is 7.85. The zero-order valence-electron chi connectivity index (χ0n) is 15.3. The molecule has 1 saturated carbocycles. The number of anilines is 1. The van der Waals surface area contributed by atoms with Gasteiger partial charge in [0, 0.05) is 31.1 Å². The Morgan fingerprint density at radius 1 is 1.31 bits per heavy atom. The van der Waals surface area contributed by atoms with Gasteiger partial charge >= 0.3 is 0 Å². The fourth-order valence-corrected chi connectivity index (χ4v) is 4.27. The van der Waals surface area contributed by atoms with Crippen LogP contribution in [0.4, 0.5) is 5.82 Å². The molecule has 8 heteroatoms. The first-order valence-corrected chi connectivity index (χ1v) is 9.63. The van der Waals surface area contributed by atoms with E-state index in [-0.39, 0.29) is 11.9 Å². The molecule has 0 aromatic carbocycles. The van der Waals surface area contributed by atoms with Crippen molar-refractivity contribution < 1.29 is 9.53 Å². The van der Waals surface area contributed by atoms with Gasteiger partial charge in [0.25, 0.3) is 0 Å². The highest BCUT2D eigenvalue weighted by molar-refractivity contribution is 5.82. The van der Waals surface area contributed by atoms with Gasteiger partial charge in [-0.15, -0.1) is 0 Å². The molecule has 2 aliphatic heterocycles. The molecule has 8 nitrogen and oxygen atoms in total. The standard InChI is InChI=1S/C18H28N6O2/c1-12-2-3-15-14(8-12)17(23-22-15)18(25)19-10-13-9-16(21-11-20-13)24-4-6-26-7-5-24/h9,11-12,14-15,17,22-23H,2-8,10H2,1H3,(H,19,25). The van der Waals surface area contributed by atoms with Crippen molar-refractivity contribution in [2.75, 3.05) is 31.2 Å². The maximum absolute atomic E-state index is 12.7. The molecule has 142 valence electrons. The van der Waals surface area contributed by atoms with Crippen LogP contribution < -0.4 is 21.1 Å². The van der Waals surface area contributed by atoms with Crippen molar-refractivity contribution in [3.8, 4) is 0 Å². The molecule has 1 amide bonds. The number of hydrazine groups is 1. The monoisotopic (exact) mass is 360 g/mol. The Hall–Kier alpha value is -1.77. The van der Waals surface area contributed by atoms with Crippen molar-refractivity contribution in [1.29, 1.82) is 0 Å². The predicted octanol–water partition coefficient (Wildman–Crippen LogP) is 0.211. The van der Waals surface area contributed by atoms with Crippen LogP contribution in [0.5, 0.6) is 0 Å². The highest BCUT2D eigenvalue weighted by Crippen LogP contribution is 2.33. The third-order valence-corrected chi connectivity index (χ3v) is 5.78. The van der Waals surface area contributed by atoms with Crippen LogP contribution in [0.2, 0.25) is 0 Å². The van der Waals surface area contributed by atoms with Crippen LogP contribution >= 0.6 is 0 Å². The number of morpholine rings is 1. The number of hydrogen-bond donors (Lipinski definition) is 3. The van der Waals surface area contributed by atoms with Crippen molar-refractivity contribution in [1.82, 2.24) is 26.1 Å². The van der Waals surface area contributed by atoms with Crippen molar-refractivity contribution >= 4 is 11.7 Å². The summed E-state index contributed by atoms with van der Waals surface area (Å²) in [6.07, 6.45) is 5.03. The highest BCUT2D eigenvalue weighted by Gasteiger charge is 2.42. The van der Waals surface area contributed by atoms with Gasteiger partial charge in [0.15, 0.2) is 0 Å². The fourth-order valence-electron chi connectivity index (χ4n) is 4.27. The summed E-state index contributed by atoms with van der Waals surface area (Å²) >= 11 is 0. The van der Waals surface area contributed by atoms with Crippen molar-refractivity contribution in [2.24, 2.45) is 11.8 Å². The second-order valence-electron chi connectivity index (χ2n) is 7.64. The number of nitrogens with zero attached hydrogens (tertiary/aromatic N) is 3. The summed E-state index contributed by atoms with van der Waals surface area (Å²) in [4.78, 5) is 23.5. The van der Waals surface area contributed by atoms with Crippen LogP contribution in [0, 0.1) is 11.8 Å². The number of nitrogens with one attached hydrogen (secondary N) is 3. The van der Waals surface area contributed by atoms with Gasteiger partial charge in [-0.05, 0) is 25.2 Å². The number of fused-ring (bicyclic) bond motifs is 1. The first-order chi connectivity index (χ1) is 12.7. The molecule has 3 N–H and O–H groups in total. The summed E-state index contributed by atoms with van der Waals surface area (Å²) in [6.45, 7) is 5.81. The lowest BCUT2D eigenvalue weighted by Gasteiger charge is -2.30. The molecule has 1 aliphatic carbocycles. The third kappa shape index (κ3) is 3.82. The number of rotatable bonds is 4. The molecule has 2 saturated heterocycles. The van der Waals surface area contributed by atoms with E-state index in [9.17, 15) is 4.79 Å². The smallest absolute Gasteiger partial charge is 0.239 e. The van der Waals surface area contributed by atoms with Crippen molar-refractivity contribution in [2.45, 2.75) is 44.8 Å². The number of carbonyl (C=O) groups excluding carboxylic acids is 1.